The van der Waals surface area contributed by atoms with Gasteiger partial charge in [0.15, 0.2) is 11.5 Å². The molecule has 0 aromatic heterocycles. The van der Waals surface area contributed by atoms with Crippen molar-refractivity contribution in [3.05, 3.63) is 59.2 Å². The fourth-order valence-corrected chi connectivity index (χ4v) is 4.91. The molecular weight excluding hydrogens is 488 g/mol. The second-order valence-corrected chi connectivity index (χ2v) is 9.10. The molecule has 2 saturated heterocycles. The molecule has 1 amide bonds. The Labute approximate surface area is 223 Å². The molecule has 204 valence electrons. The molecule has 0 saturated carbocycles. The van der Waals surface area contributed by atoms with Crippen LogP contribution in [0.4, 0.5) is 0 Å². The van der Waals surface area contributed by atoms with Gasteiger partial charge in [0.25, 0.3) is 11.7 Å². The van der Waals surface area contributed by atoms with E-state index in [1.165, 1.54) is 0 Å². The van der Waals surface area contributed by atoms with Gasteiger partial charge in [-0.2, -0.15) is 0 Å². The number of methoxy groups -OCH3 is 1. The molecule has 1 N–H and O–H groups in total. The minimum atomic E-state index is -0.768. The van der Waals surface area contributed by atoms with E-state index in [0.717, 1.165) is 19.6 Å². The van der Waals surface area contributed by atoms with Crippen LogP contribution in [0.1, 0.15) is 37.4 Å². The van der Waals surface area contributed by atoms with Gasteiger partial charge in [-0.1, -0.05) is 6.07 Å². The van der Waals surface area contributed by atoms with Crippen molar-refractivity contribution < 1.29 is 33.6 Å². The number of benzene rings is 2. The Morgan fingerprint density at radius 3 is 2.34 bits per heavy atom. The third kappa shape index (κ3) is 5.95. The number of aliphatic hydroxyl groups is 1. The number of hydrogen-bond acceptors (Lipinski definition) is 8. The van der Waals surface area contributed by atoms with Crippen LogP contribution in [0.2, 0.25) is 0 Å². The van der Waals surface area contributed by atoms with E-state index in [-0.39, 0.29) is 11.3 Å². The molecule has 0 bridgehead atoms. The van der Waals surface area contributed by atoms with Gasteiger partial charge >= 0.3 is 0 Å². The predicted molar refractivity (Wildman–Crippen MR) is 143 cm³/mol. The number of aliphatic hydroxyl groups excluding tert-OH is 1. The molecule has 1 atom stereocenters. The minimum absolute atomic E-state index is 0.0525. The molecular formula is C29H36N2O7. The largest absolute Gasteiger partial charge is 0.507 e. The average molecular weight is 525 g/mol. The fraction of sp³-hybridized carbons (Fsp3) is 0.448. The van der Waals surface area contributed by atoms with Gasteiger partial charge in [0, 0.05) is 31.7 Å². The summed E-state index contributed by atoms with van der Waals surface area (Å²) in [6.45, 7) is 8.97. The summed E-state index contributed by atoms with van der Waals surface area (Å²) in [6, 6.07) is 11.4. The quantitative estimate of drug-likeness (QED) is 0.270. The van der Waals surface area contributed by atoms with Crippen LogP contribution in [-0.4, -0.2) is 86.3 Å². The average Bonchev–Trinajstić information content (AvgIpc) is 3.19. The maximum absolute atomic E-state index is 13.4. The van der Waals surface area contributed by atoms with Crippen LogP contribution in [0, 0.1) is 0 Å². The van der Waals surface area contributed by atoms with E-state index >= 15 is 0 Å². The summed E-state index contributed by atoms with van der Waals surface area (Å²) in [7, 11) is 1.54. The Morgan fingerprint density at radius 2 is 1.68 bits per heavy atom. The van der Waals surface area contributed by atoms with Crippen molar-refractivity contribution in [3.8, 4) is 17.2 Å². The molecule has 2 aliphatic rings. The van der Waals surface area contributed by atoms with Crippen LogP contribution in [0.5, 0.6) is 17.2 Å². The van der Waals surface area contributed by atoms with E-state index in [0.29, 0.717) is 67.8 Å². The zero-order valence-corrected chi connectivity index (χ0v) is 22.3. The summed E-state index contributed by atoms with van der Waals surface area (Å²) in [5.74, 6) is 0.150. The van der Waals surface area contributed by atoms with Gasteiger partial charge in [-0.15, -0.1) is 0 Å². The molecule has 2 heterocycles. The van der Waals surface area contributed by atoms with Gasteiger partial charge in [-0.05, 0) is 62.2 Å². The van der Waals surface area contributed by atoms with Crippen LogP contribution in [0.25, 0.3) is 5.76 Å². The molecule has 2 aliphatic heterocycles. The summed E-state index contributed by atoms with van der Waals surface area (Å²) >= 11 is 0. The lowest BCUT2D eigenvalue weighted by Crippen LogP contribution is -2.39. The lowest BCUT2D eigenvalue weighted by atomic mass is 9.95. The van der Waals surface area contributed by atoms with Crippen molar-refractivity contribution >= 4 is 17.4 Å². The molecule has 0 unspecified atom stereocenters. The molecule has 9 heteroatoms. The number of amides is 1. The number of likely N-dealkylation sites (tertiary alicyclic amines) is 1. The van der Waals surface area contributed by atoms with E-state index < -0.39 is 17.7 Å². The first kappa shape index (κ1) is 27.5. The lowest BCUT2D eigenvalue weighted by Gasteiger charge is -2.29. The van der Waals surface area contributed by atoms with E-state index in [1.54, 1.807) is 48.4 Å². The van der Waals surface area contributed by atoms with Gasteiger partial charge in [0.05, 0.1) is 45.2 Å². The molecule has 9 nitrogen and oxygen atoms in total. The molecule has 0 radical (unpaired) electrons. The van der Waals surface area contributed by atoms with E-state index in [9.17, 15) is 14.7 Å². The minimum Gasteiger partial charge on any atom is -0.507 e. The zero-order chi connectivity index (χ0) is 27.1. The topological polar surface area (TPSA) is 97.8 Å². The first-order valence-corrected chi connectivity index (χ1v) is 13.1. The van der Waals surface area contributed by atoms with Crippen molar-refractivity contribution in [2.75, 3.05) is 59.7 Å². The van der Waals surface area contributed by atoms with Crippen molar-refractivity contribution in [1.82, 2.24) is 9.80 Å². The number of rotatable bonds is 11. The Bertz CT molecular complexity index is 1160. The zero-order valence-electron chi connectivity index (χ0n) is 22.3. The first-order chi connectivity index (χ1) is 18.5. The first-order valence-electron chi connectivity index (χ1n) is 13.1. The number of Topliss-reactive ketones (excluding diaryl/α,β-unsaturated/α-hetero) is 1. The number of morpholine rings is 1. The van der Waals surface area contributed by atoms with E-state index in [1.807, 2.05) is 19.9 Å². The van der Waals surface area contributed by atoms with Crippen LogP contribution < -0.4 is 14.2 Å². The molecule has 4 rings (SSSR count). The highest BCUT2D eigenvalue weighted by atomic mass is 16.5. The van der Waals surface area contributed by atoms with Gasteiger partial charge in [-0.3, -0.25) is 14.5 Å². The normalized spacial score (nSPS) is 19.6. The maximum Gasteiger partial charge on any atom is 0.295 e. The number of ketones is 1. The number of nitrogens with zero attached hydrogens (tertiary/aromatic N) is 2. The van der Waals surface area contributed by atoms with Gasteiger partial charge in [-0.25, -0.2) is 0 Å². The Kier molecular flexibility index (Phi) is 9.25. The highest BCUT2D eigenvalue weighted by Gasteiger charge is 2.46. The van der Waals surface area contributed by atoms with E-state index in [2.05, 4.69) is 4.90 Å². The summed E-state index contributed by atoms with van der Waals surface area (Å²) in [5.41, 5.74) is 1.14. The molecule has 38 heavy (non-hydrogen) atoms. The summed E-state index contributed by atoms with van der Waals surface area (Å²) in [4.78, 5) is 30.5. The summed E-state index contributed by atoms with van der Waals surface area (Å²) in [5, 5.41) is 11.3. The van der Waals surface area contributed by atoms with Crippen molar-refractivity contribution in [2.45, 2.75) is 26.3 Å². The number of ether oxygens (including phenoxy) is 4. The summed E-state index contributed by atoms with van der Waals surface area (Å²) in [6.07, 6.45) is 0.681. The number of carbonyl (C=O) groups is 2. The van der Waals surface area contributed by atoms with Gasteiger partial charge in [0.2, 0.25) is 0 Å². The van der Waals surface area contributed by atoms with Crippen molar-refractivity contribution in [2.24, 2.45) is 0 Å². The van der Waals surface area contributed by atoms with Crippen LogP contribution in [-0.2, 0) is 14.3 Å². The SMILES string of the molecule is CCOc1ccc(/C(O)=C2\C(=O)C(=O)N(CCCN3CCOCC3)[C@@H]2c2ccc(OCC)c(OC)c2)cc1. The second-order valence-electron chi connectivity index (χ2n) is 9.10. The van der Waals surface area contributed by atoms with E-state index in [4.69, 9.17) is 18.9 Å². The number of hydrogen-bond donors (Lipinski definition) is 1. The fourth-order valence-electron chi connectivity index (χ4n) is 4.91. The molecule has 0 aliphatic carbocycles. The number of carbonyl (C=O) groups excluding carboxylic acids is 2. The Balaban J connectivity index is 1.71. The standard InChI is InChI=1S/C29H36N2O7/c1-4-37-22-10-7-20(8-11-22)27(32)25-26(21-9-12-23(38-5-2)24(19-21)35-3)31(29(34)28(25)33)14-6-13-30-15-17-36-18-16-30/h7-12,19,26,32H,4-6,13-18H2,1-3H3/b27-25+/t26-/m1/s1. The molecule has 2 aromatic rings. The predicted octanol–water partition coefficient (Wildman–Crippen LogP) is 3.64. The highest BCUT2D eigenvalue weighted by Crippen LogP contribution is 2.42. The van der Waals surface area contributed by atoms with Crippen LogP contribution in [0.3, 0.4) is 0 Å². The highest BCUT2D eigenvalue weighted by molar-refractivity contribution is 6.46. The Hall–Kier alpha value is -3.56. The van der Waals surface area contributed by atoms with Gasteiger partial charge < -0.3 is 29.0 Å². The lowest BCUT2D eigenvalue weighted by molar-refractivity contribution is -0.140. The van der Waals surface area contributed by atoms with Crippen molar-refractivity contribution in [1.29, 1.82) is 0 Å². The van der Waals surface area contributed by atoms with Gasteiger partial charge in [0.1, 0.15) is 11.5 Å². The molecule has 0 spiro atoms. The summed E-state index contributed by atoms with van der Waals surface area (Å²) < 4.78 is 22.1. The van der Waals surface area contributed by atoms with Crippen LogP contribution in [0.15, 0.2) is 48.0 Å². The Morgan fingerprint density at radius 1 is 0.974 bits per heavy atom. The molecule has 2 aromatic carbocycles. The monoisotopic (exact) mass is 524 g/mol. The third-order valence-corrected chi connectivity index (χ3v) is 6.76. The van der Waals surface area contributed by atoms with Crippen LogP contribution >= 0.6 is 0 Å². The van der Waals surface area contributed by atoms with Crippen molar-refractivity contribution in [3.63, 3.8) is 0 Å². The molecule has 2 fully saturated rings. The third-order valence-electron chi connectivity index (χ3n) is 6.76. The second kappa shape index (κ2) is 12.8. The maximum atomic E-state index is 13.4. The smallest absolute Gasteiger partial charge is 0.295 e.